The smallest absolute Gasteiger partial charge is 0.253 e. The number of benzene rings is 1. The number of hydrogen-bond acceptors (Lipinski definition) is 3. The third-order valence-corrected chi connectivity index (χ3v) is 4.40. The quantitative estimate of drug-likeness (QED) is 0.830. The Balaban J connectivity index is 1.99. The van der Waals surface area contributed by atoms with E-state index in [1.165, 1.54) is 0 Å². The molecule has 20 heavy (non-hydrogen) atoms. The molecule has 1 fully saturated rings. The van der Waals surface area contributed by atoms with Crippen LogP contribution in [0, 0.1) is 12.3 Å². The minimum absolute atomic E-state index is 0.0549. The van der Waals surface area contributed by atoms with Crippen LogP contribution in [0.4, 0.5) is 5.69 Å². The molecule has 1 heterocycles. The van der Waals surface area contributed by atoms with E-state index in [-0.39, 0.29) is 11.3 Å². The molecule has 0 saturated carbocycles. The van der Waals surface area contributed by atoms with E-state index >= 15 is 0 Å². The molecule has 110 valence electrons. The summed E-state index contributed by atoms with van der Waals surface area (Å²) in [6.45, 7) is 7.08. The van der Waals surface area contributed by atoms with Gasteiger partial charge in [0, 0.05) is 12.2 Å². The zero-order chi connectivity index (χ0) is 14.8. The van der Waals surface area contributed by atoms with E-state index in [1.54, 1.807) is 6.07 Å². The van der Waals surface area contributed by atoms with Gasteiger partial charge < -0.3 is 16.0 Å². The molecule has 1 amide bonds. The Bertz CT molecular complexity index is 470. The summed E-state index contributed by atoms with van der Waals surface area (Å²) in [5.41, 5.74) is 8.20. The van der Waals surface area contributed by atoms with E-state index in [0.29, 0.717) is 17.8 Å². The monoisotopic (exact) mass is 275 g/mol. The van der Waals surface area contributed by atoms with Crippen LogP contribution in [0.25, 0.3) is 0 Å². The molecule has 1 aliphatic rings. The zero-order valence-electron chi connectivity index (χ0n) is 12.7. The third-order valence-electron chi connectivity index (χ3n) is 4.40. The Hall–Kier alpha value is -1.55. The first-order valence-electron chi connectivity index (χ1n) is 7.23. The van der Waals surface area contributed by atoms with Crippen molar-refractivity contribution in [3.63, 3.8) is 0 Å². The first-order chi connectivity index (χ1) is 9.41. The van der Waals surface area contributed by atoms with Gasteiger partial charge in [0.15, 0.2) is 0 Å². The second-order valence-corrected chi connectivity index (χ2v) is 6.34. The maximum absolute atomic E-state index is 12.3. The van der Waals surface area contributed by atoms with Gasteiger partial charge in [-0.25, -0.2) is 0 Å². The fourth-order valence-electron chi connectivity index (χ4n) is 2.72. The Morgan fingerprint density at radius 3 is 2.65 bits per heavy atom. The average Bonchev–Trinajstić information content (AvgIpc) is 2.40. The zero-order valence-corrected chi connectivity index (χ0v) is 12.7. The molecular formula is C16H25N3O. The van der Waals surface area contributed by atoms with Crippen LogP contribution >= 0.6 is 0 Å². The number of nitrogens with two attached hydrogens (primary N) is 1. The van der Waals surface area contributed by atoms with Gasteiger partial charge in [0.25, 0.3) is 5.91 Å². The number of nitrogen functional groups attached to an aromatic ring is 1. The number of nitrogens with zero attached hydrogens (tertiary/aromatic N) is 1. The maximum atomic E-state index is 12.3. The molecule has 2 rings (SSSR count). The lowest BCUT2D eigenvalue weighted by atomic mass is 9.80. The van der Waals surface area contributed by atoms with Crippen molar-refractivity contribution >= 4 is 11.6 Å². The van der Waals surface area contributed by atoms with Gasteiger partial charge >= 0.3 is 0 Å². The minimum atomic E-state index is -0.0549. The van der Waals surface area contributed by atoms with Gasteiger partial charge in [-0.1, -0.05) is 19.1 Å². The number of carbonyl (C=O) groups excluding carboxylic acids is 1. The average molecular weight is 275 g/mol. The number of rotatable bonds is 3. The Kier molecular flexibility index (Phi) is 4.33. The van der Waals surface area contributed by atoms with Crippen LogP contribution in [-0.2, 0) is 0 Å². The molecule has 4 nitrogen and oxygen atoms in total. The molecule has 0 atom stereocenters. The molecular weight excluding hydrogens is 250 g/mol. The molecule has 0 aromatic heterocycles. The van der Waals surface area contributed by atoms with Crippen LogP contribution in [-0.4, -0.2) is 37.5 Å². The lowest BCUT2D eigenvalue weighted by Gasteiger charge is -2.38. The highest BCUT2D eigenvalue weighted by Crippen LogP contribution is 2.29. The van der Waals surface area contributed by atoms with Crippen molar-refractivity contribution in [3.05, 3.63) is 29.3 Å². The first-order valence-corrected chi connectivity index (χ1v) is 7.23. The molecule has 0 aliphatic carbocycles. The maximum Gasteiger partial charge on any atom is 0.253 e. The van der Waals surface area contributed by atoms with Gasteiger partial charge in [0.1, 0.15) is 0 Å². The highest BCUT2D eigenvalue weighted by atomic mass is 16.1. The van der Waals surface area contributed by atoms with Crippen molar-refractivity contribution in [3.8, 4) is 0 Å². The summed E-state index contributed by atoms with van der Waals surface area (Å²) in [5.74, 6) is -0.0549. The number of hydrogen-bond donors (Lipinski definition) is 2. The molecule has 0 radical (unpaired) electrons. The van der Waals surface area contributed by atoms with Crippen LogP contribution in [0.1, 0.15) is 35.7 Å². The number of aryl methyl sites for hydroxylation is 1. The van der Waals surface area contributed by atoms with Crippen LogP contribution < -0.4 is 11.1 Å². The molecule has 0 unspecified atom stereocenters. The molecule has 0 bridgehead atoms. The standard InChI is InChI=1S/C16H25N3O/c1-12-5-4-6-13(17)14(12)15(20)18-11-16(2)7-9-19(3)10-8-16/h4-6H,7-11,17H2,1-3H3,(H,18,20). The Morgan fingerprint density at radius 1 is 1.40 bits per heavy atom. The highest BCUT2D eigenvalue weighted by molar-refractivity contribution is 6.00. The predicted molar refractivity (Wildman–Crippen MR) is 82.8 cm³/mol. The Labute approximate surface area is 121 Å². The number of carbonyl (C=O) groups is 1. The fraction of sp³-hybridized carbons (Fsp3) is 0.562. The Morgan fingerprint density at radius 2 is 2.05 bits per heavy atom. The van der Waals surface area contributed by atoms with Crippen molar-refractivity contribution in [1.29, 1.82) is 0 Å². The van der Waals surface area contributed by atoms with Crippen molar-refractivity contribution < 1.29 is 4.79 Å². The summed E-state index contributed by atoms with van der Waals surface area (Å²) >= 11 is 0. The van der Waals surface area contributed by atoms with Crippen molar-refractivity contribution in [2.45, 2.75) is 26.7 Å². The summed E-state index contributed by atoms with van der Waals surface area (Å²) in [6, 6.07) is 5.57. The van der Waals surface area contributed by atoms with E-state index in [2.05, 4.69) is 24.2 Å². The number of likely N-dealkylation sites (tertiary alicyclic amines) is 1. The lowest BCUT2D eigenvalue weighted by Crippen LogP contribution is -2.43. The normalized spacial score (nSPS) is 18.8. The van der Waals surface area contributed by atoms with Crippen molar-refractivity contribution in [1.82, 2.24) is 10.2 Å². The summed E-state index contributed by atoms with van der Waals surface area (Å²) in [4.78, 5) is 14.7. The summed E-state index contributed by atoms with van der Waals surface area (Å²) < 4.78 is 0. The summed E-state index contributed by atoms with van der Waals surface area (Å²) in [7, 11) is 2.15. The van der Waals surface area contributed by atoms with Gasteiger partial charge in [-0.05, 0) is 56.9 Å². The second-order valence-electron chi connectivity index (χ2n) is 6.34. The summed E-state index contributed by atoms with van der Waals surface area (Å²) in [5, 5.41) is 3.07. The molecule has 1 aliphatic heterocycles. The molecule has 1 aromatic carbocycles. The third kappa shape index (κ3) is 3.31. The highest BCUT2D eigenvalue weighted by Gasteiger charge is 2.29. The lowest BCUT2D eigenvalue weighted by molar-refractivity contribution is 0.0892. The SMILES string of the molecule is Cc1cccc(N)c1C(=O)NCC1(C)CCN(C)CC1. The summed E-state index contributed by atoms with van der Waals surface area (Å²) in [6.07, 6.45) is 2.24. The van der Waals surface area contributed by atoms with Gasteiger partial charge in [-0.15, -0.1) is 0 Å². The van der Waals surface area contributed by atoms with Gasteiger partial charge in [0.2, 0.25) is 0 Å². The number of nitrogens with one attached hydrogen (secondary N) is 1. The molecule has 0 spiro atoms. The largest absolute Gasteiger partial charge is 0.398 e. The predicted octanol–water partition coefficient (Wildman–Crippen LogP) is 2.04. The topological polar surface area (TPSA) is 58.4 Å². The van der Waals surface area contributed by atoms with Crippen LogP contribution in [0.15, 0.2) is 18.2 Å². The molecule has 3 N–H and O–H groups in total. The first kappa shape index (κ1) is 14.9. The molecule has 4 heteroatoms. The van der Waals surface area contributed by atoms with Crippen LogP contribution in [0.2, 0.25) is 0 Å². The number of amides is 1. The van der Waals surface area contributed by atoms with Gasteiger partial charge in [-0.2, -0.15) is 0 Å². The van der Waals surface area contributed by atoms with E-state index in [1.807, 2.05) is 19.1 Å². The molecule has 1 saturated heterocycles. The molecule has 1 aromatic rings. The van der Waals surface area contributed by atoms with Crippen molar-refractivity contribution in [2.24, 2.45) is 5.41 Å². The minimum Gasteiger partial charge on any atom is -0.398 e. The van der Waals surface area contributed by atoms with Crippen LogP contribution in [0.3, 0.4) is 0 Å². The van der Waals surface area contributed by atoms with Gasteiger partial charge in [-0.3, -0.25) is 4.79 Å². The number of piperidine rings is 1. The second kappa shape index (κ2) is 5.83. The van der Waals surface area contributed by atoms with E-state index < -0.39 is 0 Å². The fourth-order valence-corrected chi connectivity index (χ4v) is 2.72. The van der Waals surface area contributed by atoms with Crippen molar-refractivity contribution in [2.75, 3.05) is 32.4 Å². The van der Waals surface area contributed by atoms with E-state index in [4.69, 9.17) is 5.73 Å². The number of anilines is 1. The van der Waals surface area contributed by atoms with E-state index in [0.717, 1.165) is 31.5 Å². The van der Waals surface area contributed by atoms with Crippen LogP contribution in [0.5, 0.6) is 0 Å². The van der Waals surface area contributed by atoms with E-state index in [9.17, 15) is 4.79 Å². The van der Waals surface area contributed by atoms with Gasteiger partial charge in [0.05, 0.1) is 5.56 Å².